The summed E-state index contributed by atoms with van der Waals surface area (Å²) in [4.78, 5) is 0. The Balaban J connectivity index is 0.00000141. The number of unbranched alkanes of at least 4 members (excludes halogenated alkanes) is 6. The van der Waals surface area contributed by atoms with E-state index in [9.17, 15) is 0 Å². The zero-order chi connectivity index (χ0) is 41.9. The third kappa shape index (κ3) is 11.3. The second-order valence-corrected chi connectivity index (χ2v) is 27.5. The fourth-order valence-electron chi connectivity index (χ4n) is 12.9. The fourth-order valence-corrected chi connectivity index (χ4v) is 19.0. The van der Waals surface area contributed by atoms with Gasteiger partial charge in [0, 0.05) is 0 Å². The van der Waals surface area contributed by atoms with Crippen molar-refractivity contribution in [3.05, 3.63) is 172 Å². The van der Waals surface area contributed by atoms with Crippen LogP contribution in [0.4, 0.5) is 0 Å². The van der Waals surface area contributed by atoms with Crippen molar-refractivity contribution in [1.82, 2.24) is 0 Å². The van der Waals surface area contributed by atoms with Gasteiger partial charge in [-0.05, 0) is 104 Å². The average Bonchev–Trinajstić information content (AvgIpc) is 3.87. The second-order valence-electron chi connectivity index (χ2n) is 18.8. The number of fused-ring (bicyclic) bond motifs is 2. The predicted octanol–water partition coefficient (Wildman–Crippen LogP) is 18.8. The first-order chi connectivity index (χ1) is 29.4. The van der Waals surface area contributed by atoms with Crippen LogP contribution < -0.4 is 0 Å². The van der Waals surface area contributed by atoms with Gasteiger partial charge in [0.05, 0.1) is 8.07 Å². The molecule has 0 nitrogen and oxygen atoms in total. The Labute approximate surface area is 398 Å². The predicted molar refractivity (Wildman–Crippen MR) is 275 cm³/mol. The SMILES string of the molecule is CCCCCCC1CC2C(c3ccccc3-c3ccccc3)=CC=CC2C1[Si](C)(C)C1C(CCCCCC)CC2C(c3ccccc3-c3ccccc3)=CC=CC21.[CH3-].[CH3-].[Cl][Zr+2][Cl]. The van der Waals surface area contributed by atoms with Crippen LogP contribution in [-0.4, -0.2) is 8.07 Å². The average molecular weight is 961 g/mol. The molecule has 0 aromatic heterocycles. The molecule has 62 heavy (non-hydrogen) atoms. The van der Waals surface area contributed by atoms with Gasteiger partial charge in [0.25, 0.3) is 0 Å². The molecule has 328 valence electrons. The Kier molecular flexibility index (Phi) is 20.1. The molecule has 0 bridgehead atoms. The Bertz CT molecular complexity index is 1940. The van der Waals surface area contributed by atoms with Crippen molar-refractivity contribution in [3.63, 3.8) is 0 Å². The molecule has 4 aliphatic carbocycles. The maximum absolute atomic E-state index is 4.93. The Morgan fingerprint density at radius 1 is 0.500 bits per heavy atom. The van der Waals surface area contributed by atoms with Gasteiger partial charge < -0.3 is 14.9 Å². The van der Waals surface area contributed by atoms with Gasteiger partial charge in [0.1, 0.15) is 0 Å². The van der Waals surface area contributed by atoms with Gasteiger partial charge in [-0.3, -0.25) is 0 Å². The van der Waals surface area contributed by atoms with E-state index in [0.29, 0.717) is 23.7 Å². The first-order valence-corrected chi connectivity index (χ1v) is 32.9. The molecule has 2 fully saturated rings. The summed E-state index contributed by atoms with van der Waals surface area (Å²) in [7, 11) is 7.98. The van der Waals surface area contributed by atoms with E-state index >= 15 is 0 Å². The molecule has 8 atom stereocenters. The van der Waals surface area contributed by atoms with Crippen LogP contribution in [0.25, 0.3) is 33.4 Å². The zero-order valence-corrected chi connectivity index (χ0v) is 43.7. The Morgan fingerprint density at radius 2 is 0.855 bits per heavy atom. The number of benzene rings is 4. The van der Waals surface area contributed by atoms with Gasteiger partial charge in [-0.15, -0.1) is 0 Å². The quantitative estimate of drug-likeness (QED) is 0.0596. The van der Waals surface area contributed by atoms with E-state index in [2.05, 4.69) is 173 Å². The van der Waals surface area contributed by atoms with Gasteiger partial charge in [-0.1, -0.05) is 237 Å². The van der Waals surface area contributed by atoms with E-state index in [1.165, 1.54) is 110 Å². The second kappa shape index (κ2) is 24.7. The molecule has 0 heterocycles. The van der Waals surface area contributed by atoms with Gasteiger partial charge in [-0.2, -0.15) is 0 Å². The van der Waals surface area contributed by atoms with Gasteiger partial charge in [0.15, 0.2) is 0 Å². The van der Waals surface area contributed by atoms with Crippen LogP contribution in [-0.2, 0) is 20.8 Å². The van der Waals surface area contributed by atoms with Crippen LogP contribution in [0.3, 0.4) is 0 Å². The minimum atomic E-state index is -1.89. The standard InChI is InChI=1S/C56H68Si.2CH3.2ClH.Zr/c1-5-7-9-13-29-43-39-53-49(47-33-21-19-31-45(47)41-25-15-11-16-26-41)35-23-37-51(53)55(43)57(3,4)56-44(30-14-10-8-6-2)40-54-50(36-24-38-52(54)56)48-34-22-20-32-46(48)42-27-17-12-18-28-42;;;;;/h11-12,15-28,31-38,43-44,51-56H,5-10,13-14,29-30,39-40H2,1-4H3;2*1H3;2*1H;/q;2*-1;;;+4/p-2. The van der Waals surface area contributed by atoms with Crippen molar-refractivity contribution in [2.45, 2.75) is 115 Å². The molecule has 0 N–H and O–H groups in total. The maximum atomic E-state index is 4.93. The zero-order valence-electron chi connectivity index (χ0n) is 38.7. The van der Waals surface area contributed by atoms with E-state index in [4.69, 9.17) is 17.0 Å². The molecule has 8 unspecified atom stereocenters. The van der Waals surface area contributed by atoms with Crippen molar-refractivity contribution in [2.24, 2.45) is 35.5 Å². The monoisotopic (exact) mass is 958 g/mol. The number of hydrogen-bond donors (Lipinski definition) is 0. The van der Waals surface area contributed by atoms with Gasteiger partial charge in [0.2, 0.25) is 0 Å². The Hall–Kier alpha value is -2.48. The van der Waals surface area contributed by atoms with Crippen molar-refractivity contribution in [1.29, 1.82) is 0 Å². The minimum absolute atomic E-state index is 0. The number of rotatable bonds is 16. The van der Waals surface area contributed by atoms with E-state index in [1.807, 2.05) is 0 Å². The molecule has 4 aliphatic rings. The van der Waals surface area contributed by atoms with Gasteiger partial charge in [-0.25, -0.2) is 0 Å². The van der Waals surface area contributed by atoms with Crippen molar-refractivity contribution < 1.29 is 20.8 Å². The summed E-state index contributed by atoms with van der Waals surface area (Å²) in [6.07, 6.45) is 31.9. The molecule has 4 aromatic rings. The van der Waals surface area contributed by atoms with Gasteiger partial charge >= 0.3 is 37.9 Å². The molecule has 8 rings (SSSR count). The molecule has 4 aromatic carbocycles. The van der Waals surface area contributed by atoms with Crippen molar-refractivity contribution >= 4 is 36.2 Å². The summed E-state index contributed by atoms with van der Waals surface area (Å²) in [6.45, 7) is 10.5. The first kappa shape index (κ1) is 50.5. The number of hydrogen-bond acceptors (Lipinski definition) is 0. The summed E-state index contributed by atoms with van der Waals surface area (Å²) in [5.74, 6) is 4.07. The molecule has 0 amide bonds. The molecule has 4 heteroatoms. The fraction of sp³-hybridized carbons (Fsp3) is 0.414. The van der Waals surface area contributed by atoms with E-state index in [-0.39, 0.29) is 14.9 Å². The van der Waals surface area contributed by atoms with Crippen LogP contribution in [0.2, 0.25) is 24.2 Å². The van der Waals surface area contributed by atoms with E-state index < -0.39 is 28.9 Å². The molecular weight excluding hydrogens is 887 g/mol. The summed E-state index contributed by atoms with van der Waals surface area (Å²) in [6, 6.07) is 40.9. The summed E-state index contributed by atoms with van der Waals surface area (Å²) in [5.41, 5.74) is 13.2. The Morgan fingerprint density at radius 3 is 1.23 bits per heavy atom. The molecular formula is C58H74Cl2SiZr. The number of halogens is 2. The van der Waals surface area contributed by atoms with Crippen LogP contribution in [0.15, 0.2) is 146 Å². The molecule has 0 saturated heterocycles. The van der Waals surface area contributed by atoms with Crippen LogP contribution in [0.5, 0.6) is 0 Å². The third-order valence-electron chi connectivity index (χ3n) is 15.1. The first-order valence-electron chi connectivity index (χ1n) is 23.4. The van der Waals surface area contributed by atoms with Crippen molar-refractivity contribution in [3.8, 4) is 22.3 Å². The third-order valence-corrected chi connectivity index (χ3v) is 20.3. The van der Waals surface area contributed by atoms with E-state index in [0.717, 1.165) is 22.9 Å². The van der Waals surface area contributed by atoms with E-state index in [1.54, 1.807) is 11.1 Å². The molecule has 0 aliphatic heterocycles. The molecule has 2 saturated carbocycles. The molecule has 0 spiro atoms. The van der Waals surface area contributed by atoms with Crippen molar-refractivity contribution in [2.75, 3.05) is 0 Å². The van der Waals surface area contributed by atoms with Crippen LogP contribution in [0, 0.1) is 50.4 Å². The van der Waals surface area contributed by atoms with Crippen LogP contribution >= 0.6 is 17.0 Å². The topological polar surface area (TPSA) is 0 Å². The molecule has 0 radical (unpaired) electrons. The summed E-state index contributed by atoms with van der Waals surface area (Å²) in [5, 5.41) is 0. The summed E-state index contributed by atoms with van der Waals surface area (Å²) < 4.78 is 0. The normalized spacial score (nSPS) is 24.5. The number of allylic oxidation sites excluding steroid dienone is 8. The van der Waals surface area contributed by atoms with Crippen LogP contribution in [0.1, 0.15) is 102 Å². The summed E-state index contributed by atoms with van der Waals surface area (Å²) >= 11 is -0.826.